The van der Waals surface area contributed by atoms with Crippen molar-refractivity contribution in [3.05, 3.63) is 27.0 Å². The van der Waals surface area contributed by atoms with Gasteiger partial charge in [-0.15, -0.1) is 0 Å². The van der Waals surface area contributed by atoms with E-state index < -0.39 is 21.3 Å². The Bertz CT molecular complexity index is 763. The fourth-order valence-corrected chi connectivity index (χ4v) is 4.50. The molecule has 0 bridgehead atoms. The summed E-state index contributed by atoms with van der Waals surface area (Å²) in [6, 6.07) is 0. The van der Waals surface area contributed by atoms with Crippen molar-refractivity contribution in [3.63, 3.8) is 0 Å². The van der Waals surface area contributed by atoms with E-state index >= 15 is 0 Å². The highest BCUT2D eigenvalue weighted by atomic mass is 32.2. The summed E-state index contributed by atoms with van der Waals surface area (Å²) in [5.74, 6) is 0.227. The second-order valence-electron chi connectivity index (χ2n) is 5.68. The quantitative estimate of drug-likeness (QED) is 0.741. The lowest BCUT2D eigenvalue weighted by Gasteiger charge is -2.31. The molecule has 1 fully saturated rings. The van der Waals surface area contributed by atoms with E-state index in [9.17, 15) is 18.0 Å². The fraction of sp³-hybridized carbons (Fsp3) is 0.692. The Labute approximate surface area is 129 Å². The van der Waals surface area contributed by atoms with E-state index in [0.29, 0.717) is 13.1 Å². The Morgan fingerprint density at radius 3 is 2.64 bits per heavy atom. The third-order valence-electron chi connectivity index (χ3n) is 4.01. The van der Waals surface area contributed by atoms with Gasteiger partial charge in [-0.05, 0) is 32.4 Å². The van der Waals surface area contributed by atoms with E-state index in [1.807, 2.05) is 7.05 Å². The lowest BCUT2D eigenvalue weighted by Crippen LogP contribution is -2.46. The molecule has 0 amide bonds. The number of piperidine rings is 1. The van der Waals surface area contributed by atoms with Gasteiger partial charge in [0.25, 0.3) is 5.56 Å². The first-order valence-corrected chi connectivity index (χ1v) is 8.64. The summed E-state index contributed by atoms with van der Waals surface area (Å²) in [6.07, 6.45) is 2.83. The highest BCUT2D eigenvalue weighted by Crippen LogP contribution is 2.21. The van der Waals surface area contributed by atoms with E-state index in [1.165, 1.54) is 18.4 Å². The standard InChI is InChI=1S/C13H22N4O4S/c1-14-7-10-5-4-6-17(8-10)22(20,21)11-9-15(2)13(19)16(3)12(11)18/h9-10,14H,4-8H2,1-3H3. The molecule has 2 heterocycles. The summed E-state index contributed by atoms with van der Waals surface area (Å²) in [7, 11) is 0.649. The van der Waals surface area contributed by atoms with Gasteiger partial charge in [0.15, 0.2) is 4.90 Å². The number of hydrogen-bond acceptors (Lipinski definition) is 5. The monoisotopic (exact) mass is 330 g/mol. The lowest BCUT2D eigenvalue weighted by atomic mass is 10.00. The fourth-order valence-electron chi connectivity index (χ4n) is 2.79. The number of hydrogen-bond donors (Lipinski definition) is 1. The number of nitrogens with one attached hydrogen (secondary N) is 1. The molecule has 1 aromatic rings. The molecule has 1 unspecified atom stereocenters. The smallest absolute Gasteiger partial charge is 0.319 e. The van der Waals surface area contributed by atoms with Crippen LogP contribution in [0.4, 0.5) is 0 Å². The van der Waals surface area contributed by atoms with Crippen molar-refractivity contribution >= 4 is 10.0 Å². The van der Waals surface area contributed by atoms with E-state index in [0.717, 1.165) is 34.7 Å². The second-order valence-corrected chi connectivity index (χ2v) is 7.59. The van der Waals surface area contributed by atoms with Crippen molar-refractivity contribution < 1.29 is 8.42 Å². The minimum absolute atomic E-state index is 0.227. The molecule has 22 heavy (non-hydrogen) atoms. The van der Waals surface area contributed by atoms with Gasteiger partial charge in [-0.25, -0.2) is 13.2 Å². The maximum atomic E-state index is 12.8. The van der Waals surface area contributed by atoms with Crippen LogP contribution in [0.2, 0.25) is 0 Å². The predicted octanol–water partition coefficient (Wildman–Crippen LogP) is -1.30. The molecule has 9 heteroatoms. The van der Waals surface area contributed by atoms with E-state index in [4.69, 9.17) is 0 Å². The van der Waals surface area contributed by atoms with Crippen LogP contribution < -0.4 is 16.6 Å². The van der Waals surface area contributed by atoms with Crippen LogP contribution in [0.25, 0.3) is 0 Å². The maximum absolute atomic E-state index is 12.8. The van der Waals surface area contributed by atoms with Crippen LogP contribution in [0, 0.1) is 5.92 Å². The van der Waals surface area contributed by atoms with Crippen molar-refractivity contribution in [2.75, 3.05) is 26.7 Å². The minimum Gasteiger partial charge on any atom is -0.319 e. The Kier molecular flexibility index (Phi) is 4.88. The third-order valence-corrected chi connectivity index (χ3v) is 5.85. The molecule has 1 aromatic heterocycles. The lowest BCUT2D eigenvalue weighted by molar-refractivity contribution is 0.263. The van der Waals surface area contributed by atoms with Crippen molar-refractivity contribution in [1.82, 2.24) is 18.8 Å². The SMILES string of the molecule is CNCC1CCCN(S(=O)(=O)c2cn(C)c(=O)n(C)c2=O)C1. The topological polar surface area (TPSA) is 93.4 Å². The van der Waals surface area contributed by atoms with Crippen molar-refractivity contribution in [3.8, 4) is 0 Å². The van der Waals surface area contributed by atoms with Crippen LogP contribution in [0.15, 0.2) is 20.7 Å². The van der Waals surface area contributed by atoms with Crippen molar-refractivity contribution in [2.24, 2.45) is 20.0 Å². The molecule has 8 nitrogen and oxygen atoms in total. The van der Waals surface area contributed by atoms with Gasteiger partial charge in [0, 0.05) is 33.4 Å². The maximum Gasteiger partial charge on any atom is 0.330 e. The van der Waals surface area contributed by atoms with Crippen LogP contribution >= 0.6 is 0 Å². The Morgan fingerprint density at radius 1 is 1.32 bits per heavy atom. The number of nitrogens with zero attached hydrogens (tertiary/aromatic N) is 3. The molecule has 0 saturated carbocycles. The van der Waals surface area contributed by atoms with Crippen molar-refractivity contribution in [2.45, 2.75) is 17.7 Å². The highest BCUT2D eigenvalue weighted by molar-refractivity contribution is 7.89. The highest BCUT2D eigenvalue weighted by Gasteiger charge is 2.32. The Balaban J connectivity index is 2.43. The molecule has 0 radical (unpaired) electrons. The number of aryl methyl sites for hydroxylation is 1. The molecule has 124 valence electrons. The van der Waals surface area contributed by atoms with E-state index in [-0.39, 0.29) is 10.8 Å². The average Bonchev–Trinajstić information content (AvgIpc) is 2.49. The molecule has 1 N–H and O–H groups in total. The third kappa shape index (κ3) is 3.01. The average molecular weight is 330 g/mol. The Hall–Kier alpha value is -1.45. The van der Waals surface area contributed by atoms with Crippen LogP contribution in [0.5, 0.6) is 0 Å². The van der Waals surface area contributed by atoms with Gasteiger partial charge in [-0.1, -0.05) is 0 Å². The number of aromatic nitrogens is 2. The normalized spacial score (nSPS) is 20.2. The first kappa shape index (κ1) is 16.9. The molecule has 0 spiro atoms. The zero-order chi connectivity index (χ0) is 16.5. The summed E-state index contributed by atoms with van der Waals surface area (Å²) in [4.78, 5) is 23.5. The van der Waals surface area contributed by atoms with E-state index in [1.54, 1.807) is 0 Å². The predicted molar refractivity (Wildman–Crippen MR) is 82.3 cm³/mol. The minimum atomic E-state index is -3.89. The number of rotatable bonds is 4. The van der Waals surface area contributed by atoms with Gasteiger partial charge >= 0.3 is 5.69 Å². The van der Waals surface area contributed by atoms with Crippen LogP contribution in [-0.4, -0.2) is 48.5 Å². The second kappa shape index (κ2) is 6.35. The molecule has 2 rings (SSSR count). The van der Waals surface area contributed by atoms with Crippen LogP contribution in [0.3, 0.4) is 0 Å². The summed E-state index contributed by atoms with van der Waals surface area (Å²) < 4.78 is 28.8. The van der Waals surface area contributed by atoms with Gasteiger partial charge in [0.05, 0.1) is 0 Å². The largest absolute Gasteiger partial charge is 0.330 e. The zero-order valence-corrected chi connectivity index (χ0v) is 13.9. The summed E-state index contributed by atoms with van der Waals surface area (Å²) in [5, 5.41) is 3.05. The summed E-state index contributed by atoms with van der Waals surface area (Å²) >= 11 is 0. The van der Waals surface area contributed by atoms with Crippen LogP contribution in [-0.2, 0) is 24.1 Å². The van der Waals surface area contributed by atoms with Gasteiger partial charge in [-0.3, -0.25) is 9.36 Å². The molecule has 1 aliphatic rings. The molecule has 0 aromatic carbocycles. The van der Waals surface area contributed by atoms with Gasteiger partial charge in [0.1, 0.15) is 0 Å². The first-order chi connectivity index (χ1) is 10.3. The molecular formula is C13H22N4O4S. The van der Waals surface area contributed by atoms with Crippen molar-refractivity contribution in [1.29, 1.82) is 0 Å². The van der Waals surface area contributed by atoms with Gasteiger partial charge in [-0.2, -0.15) is 4.31 Å². The van der Waals surface area contributed by atoms with Crippen LogP contribution in [0.1, 0.15) is 12.8 Å². The summed E-state index contributed by atoms with van der Waals surface area (Å²) in [6.45, 7) is 1.51. The molecule has 0 aliphatic carbocycles. The molecule has 1 saturated heterocycles. The van der Waals surface area contributed by atoms with E-state index in [2.05, 4.69) is 5.32 Å². The zero-order valence-electron chi connectivity index (χ0n) is 13.1. The first-order valence-electron chi connectivity index (χ1n) is 7.20. The summed E-state index contributed by atoms with van der Waals surface area (Å²) in [5.41, 5.74) is -1.32. The Morgan fingerprint density at radius 2 is 2.00 bits per heavy atom. The number of sulfonamides is 1. The molecule has 1 aliphatic heterocycles. The van der Waals surface area contributed by atoms with Gasteiger partial charge < -0.3 is 9.88 Å². The van der Waals surface area contributed by atoms with Gasteiger partial charge in [0.2, 0.25) is 10.0 Å². The molecular weight excluding hydrogens is 308 g/mol. The molecule has 1 atom stereocenters.